The number of allylic oxidation sites excluding steroid dienone is 7. The Labute approximate surface area is 381 Å². The molecule has 2 aromatic carbocycles. The Bertz CT molecular complexity index is 2390. The van der Waals surface area contributed by atoms with Crippen molar-refractivity contribution in [3.8, 4) is 0 Å². The van der Waals surface area contributed by atoms with Crippen molar-refractivity contribution in [2.45, 2.75) is 103 Å². The number of fused-ring (bicyclic) bond motifs is 2. The summed E-state index contributed by atoms with van der Waals surface area (Å²) in [7, 11) is 0.282. The number of methoxy groups -OCH3 is 2. The second-order valence-electron chi connectivity index (χ2n) is 18.0. The second-order valence-corrected chi connectivity index (χ2v) is 20.4. The zero-order valence-corrected chi connectivity index (χ0v) is 40.1. The second kappa shape index (κ2) is 20.6. The summed E-state index contributed by atoms with van der Waals surface area (Å²) in [5.41, 5.74) is 7.14. The number of ether oxygens (including phenoxy) is 3. The van der Waals surface area contributed by atoms with Crippen LogP contribution >= 0.6 is 12.0 Å². The Morgan fingerprint density at radius 1 is 0.891 bits per heavy atom. The molecule has 2 N–H and O–H groups in total. The number of amides is 1. The Morgan fingerprint density at radius 3 is 2.17 bits per heavy atom. The van der Waals surface area contributed by atoms with Crippen molar-refractivity contribution in [2.75, 3.05) is 50.8 Å². The van der Waals surface area contributed by atoms with Gasteiger partial charge >= 0.3 is 18.0 Å². The van der Waals surface area contributed by atoms with Gasteiger partial charge in [-0.3, -0.25) is 9.45 Å². The molecule has 3 aliphatic rings. The smallest absolute Gasteiger partial charge is 0.414 e. The van der Waals surface area contributed by atoms with Crippen LogP contribution in [0.3, 0.4) is 0 Å². The molecule has 0 unspecified atom stereocenters. The molecule has 17 heteroatoms. The van der Waals surface area contributed by atoms with E-state index >= 15 is 0 Å². The number of unbranched alkanes of at least 4 members (excludes halogenated alkanes) is 2. The standard InChI is InChI=1S/C47H61N3O12S2/c1-45(2,3)60-44(53)48(8)41-31(19-23-39-46(4,5)35-29-33(42(51)58-9)17-21-37(35)49(39)25-11-13-27-63-62-61-54)15-16-32(41)20-24-40-47(6,7)36-30-34(43(52)59-10)18-22-38(36)50(40)26-12-14-28-64(55,56)57/h17-24,29-30H,11-16,25-28H2,1-10H3,(H-,54,55,56,57)/p+1. The highest BCUT2D eigenvalue weighted by Crippen LogP contribution is 2.49. The molecule has 0 fully saturated rings. The third-order valence-electron chi connectivity index (χ3n) is 11.8. The van der Waals surface area contributed by atoms with Gasteiger partial charge in [0, 0.05) is 72.3 Å². The molecule has 2 heterocycles. The van der Waals surface area contributed by atoms with E-state index < -0.39 is 44.6 Å². The summed E-state index contributed by atoms with van der Waals surface area (Å²) in [4.78, 5) is 42.8. The average Bonchev–Trinajstić information content (AvgIpc) is 3.80. The molecule has 0 radical (unpaired) electrons. The van der Waals surface area contributed by atoms with Crippen molar-refractivity contribution in [2.24, 2.45) is 0 Å². The highest BCUT2D eigenvalue weighted by Gasteiger charge is 2.45. The van der Waals surface area contributed by atoms with E-state index in [-0.39, 0.29) is 12.2 Å². The van der Waals surface area contributed by atoms with Gasteiger partial charge in [0.1, 0.15) is 12.1 Å². The van der Waals surface area contributed by atoms with Crippen LogP contribution < -0.4 is 4.90 Å². The predicted octanol–water partition coefficient (Wildman–Crippen LogP) is 9.23. The molecular weight excluding hydrogens is 863 g/mol. The van der Waals surface area contributed by atoms with Crippen LogP contribution in [0.15, 0.2) is 83.2 Å². The lowest BCUT2D eigenvalue weighted by molar-refractivity contribution is -0.438. The Morgan fingerprint density at radius 2 is 1.55 bits per heavy atom. The molecule has 0 saturated carbocycles. The third kappa shape index (κ3) is 11.5. The van der Waals surface area contributed by atoms with Crippen LogP contribution in [0, 0.1) is 0 Å². The SMILES string of the molecule is COC(=O)c1ccc2c(c1)C(C)(C)C(/C=C/C1=C(N(C)C(=O)OC(C)(C)C)C(=C/C=C3/N(CCCCS(=O)(=O)O)c4ccc(C(=O)OC)cc4C3(C)C)/CC1)=[N+]2CCCCSOOO. The van der Waals surface area contributed by atoms with E-state index in [2.05, 4.69) is 58.7 Å². The fourth-order valence-electron chi connectivity index (χ4n) is 8.61. The maximum absolute atomic E-state index is 13.8. The highest BCUT2D eigenvalue weighted by molar-refractivity contribution is 7.94. The number of nitrogens with zero attached hydrogens (tertiary/aromatic N) is 3. The van der Waals surface area contributed by atoms with E-state index in [0.29, 0.717) is 54.9 Å². The minimum Gasteiger partial charge on any atom is -0.465 e. The zero-order chi connectivity index (χ0) is 47.2. The van der Waals surface area contributed by atoms with E-state index in [1.54, 1.807) is 24.1 Å². The van der Waals surface area contributed by atoms with Crippen LogP contribution in [0.2, 0.25) is 0 Å². The maximum atomic E-state index is 13.8. The van der Waals surface area contributed by atoms with Gasteiger partial charge in [-0.1, -0.05) is 31.0 Å². The monoisotopic (exact) mass is 924 g/mol. The molecule has 348 valence electrons. The van der Waals surface area contributed by atoms with E-state index in [4.69, 9.17) is 19.5 Å². The van der Waals surface area contributed by atoms with Gasteiger partial charge in [-0.2, -0.15) is 13.0 Å². The van der Waals surface area contributed by atoms with Gasteiger partial charge in [-0.15, -0.1) is 4.33 Å². The van der Waals surface area contributed by atoms with Crippen LogP contribution in [-0.4, -0.2) is 103 Å². The lowest BCUT2D eigenvalue weighted by atomic mass is 9.80. The first kappa shape index (κ1) is 50.2. The number of anilines is 1. The highest BCUT2D eigenvalue weighted by atomic mass is 32.2. The van der Waals surface area contributed by atoms with Gasteiger partial charge in [0.15, 0.2) is 5.71 Å². The summed E-state index contributed by atoms with van der Waals surface area (Å²) in [6, 6.07) is 11.0. The number of esters is 2. The van der Waals surface area contributed by atoms with E-state index in [1.165, 1.54) is 14.2 Å². The average molecular weight is 925 g/mol. The number of likely N-dealkylation sites (N-methyl/N-ethyl adjacent to an activating group) is 1. The summed E-state index contributed by atoms with van der Waals surface area (Å²) < 4.78 is 55.3. The Kier molecular flexibility index (Phi) is 16.2. The quantitative estimate of drug-likeness (QED) is 0.0211. The van der Waals surface area contributed by atoms with Crippen LogP contribution in [0.25, 0.3) is 0 Å². The van der Waals surface area contributed by atoms with Crippen molar-refractivity contribution in [1.29, 1.82) is 0 Å². The summed E-state index contributed by atoms with van der Waals surface area (Å²) in [5.74, 6) is -0.638. The van der Waals surface area contributed by atoms with E-state index in [0.717, 1.165) is 69.9 Å². The van der Waals surface area contributed by atoms with Gasteiger partial charge in [-0.25, -0.2) is 19.6 Å². The molecule has 0 aromatic heterocycles. The number of carbonyl (C=O) groups is 3. The molecule has 0 atom stereocenters. The molecule has 1 aliphatic carbocycles. The number of hydrogen-bond donors (Lipinski definition) is 2. The van der Waals surface area contributed by atoms with E-state index in [1.807, 2.05) is 57.2 Å². The van der Waals surface area contributed by atoms with Crippen LogP contribution in [0.1, 0.15) is 119 Å². The van der Waals surface area contributed by atoms with Gasteiger partial charge in [0.05, 0.1) is 42.2 Å². The maximum Gasteiger partial charge on any atom is 0.414 e. The van der Waals surface area contributed by atoms with Gasteiger partial charge in [0.2, 0.25) is 5.69 Å². The fraction of sp³-hybridized carbons (Fsp3) is 0.489. The summed E-state index contributed by atoms with van der Waals surface area (Å²) in [6.07, 6.45) is 11.2. The molecule has 2 aromatic rings. The van der Waals surface area contributed by atoms with Crippen molar-refractivity contribution in [3.05, 3.63) is 105 Å². The first-order valence-electron chi connectivity index (χ1n) is 21.3. The van der Waals surface area contributed by atoms with Crippen LogP contribution in [0.5, 0.6) is 0 Å². The van der Waals surface area contributed by atoms with Crippen molar-refractivity contribution >= 4 is 57.3 Å². The predicted molar refractivity (Wildman–Crippen MR) is 246 cm³/mol. The van der Waals surface area contributed by atoms with E-state index in [9.17, 15) is 27.4 Å². The molecule has 0 spiro atoms. The molecule has 64 heavy (non-hydrogen) atoms. The van der Waals surface area contributed by atoms with Gasteiger partial charge in [0.25, 0.3) is 10.1 Å². The first-order chi connectivity index (χ1) is 30.0. The largest absolute Gasteiger partial charge is 0.465 e. The minimum atomic E-state index is -4.13. The molecule has 0 bridgehead atoms. The molecule has 2 aliphatic heterocycles. The van der Waals surface area contributed by atoms with Crippen molar-refractivity contribution in [3.63, 3.8) is 0 Å². The Hall–Kier alpha value is -4.78. The fourth-order valence-corrected chi connectivity index (χ4v) is 9.61. The van der Waals surface area contributed by atoms with Crippen molar-refractivity contribution < 1.29 is 60.8 Å². The summed E-state index contributed by atoms with van der Waals surface area (Å²) in [6.45, 7) is 14.9. The topological polar surface area (TPSA) is 181 Å². The molecular formula is C47H62N3O12S2+. The number of carbonyl (C=O) groups excluding carboxylic acids is 3. The van der Waals surface area contributed by atoms with Crippen molar-refractivity contribution in [1.82, 2.24) is 4.90 Å². The van der Waals surface area contributed by atoms with Gasteiger partial charge in [-0.05, 0) is 120 Å². The minimum absolute atomic E-state index is 0.252. The Balaban J connectivity index is 1.61. The molecule has 5 rings (SSSR count). The molecule has 1 amide bonds. The van der Waals surface area contributed by atoms with Gasteiger partial charge < -0.3 is 19.1 Å². The molecule has 0 saturated heterocycles. The number of hydrogen-bond acceptors (Lipinski definition) is 13. The number of rotatable bonds is 18. The lowest BCUT2D eigenvalue weighted by Gasteiger charge is -2.28. The first-order valence-corrected chi connectivity index (χ1v) is 23.8. The zero-order valence-electron chi connectivity index (χ0n) is 38.5. The molecule has 15 nitrogen and oxygen atoms in total. The summed E-state index contributed by atoms with van der Waals surface area (Å²) in [5, 5.41) is 12.3. The van der Waals surface area contributed by atoms with Crippen LogP contribution in [-0.2, 0) is 44.5 Å². The normalized spacial score (nSPS) is 18.0. The number of benzene rings is 2. The third-order valence-corrected chi connectivity index (χ3v) is 13.2. The lowest BCUT2D eigenvalue weighted by Crippen LogP contribution is -2.34. The summed E-state index contributed by atoms with van der Waals surface area (Å²) >= 11 is 1.01. The van der Waals surface area contributed by atoms with Crippen LogP contribution in [0.4, 0.5) is 16.2 Å².